The van der Waals surface area contributed by atoms with E-state index in [0.29, 0.717) is 43.2 Å². The number of nitrogens with zero attached hydrogens (tertiary/aromatic N) is 4. The van der Waals surface area contributed by atoms with Crippen LogP contribution in [-0.2, 0) is 10.0 Å². The Morgan fingerprint density at radius 2 is 1.81 bits per heavy atom. The normalized spacial score (nSPS) is 18.0. The fraction of sp³-hybridized carbons (Fsp3) is 0.591. The van der Waals surface area contributed by atoms with E-state index in [1.165, 1.54) is 23.2 Å². The van der Waals surface area contributed by atoms with Crippen LogP contribution in [0, 0.1) is 6.92 Å². The first-order valence-corrected chi connectivity index (χ1v) is 12.6. The molecule has 0 atom stereocenters. The van der Waals surface area contributed by atoms with Crippen molar-refractivity contribution in [1.29, 1.82) is 0 Å². The molecule has 0 bridgehead atoms. The second kappa shape index (κ2) is 8.70. The molecule has 2 heterocycles. The predicted octanol–water partition coefficient (Wildman–Crippen LogP) is 3.04. The molecule has 1 aromatic heterocycles. The smallest absolute Gasteiger partial charge is 0.253 e. The zero-order chi connectivity index (χ0) is 22.2. The van der Waals surface area contributed by atoms with Gasteiger partial charge in [0.1, 0.15) is 5.82 Å². The Hall–Kier alpha value is -2.26. The second-order valence-corrected chi connectivity index (χ2v) is 10.4. The highest BCUT2D eigenvalue weighted by Gasteiger charge is 2.31. The van der Waals surface area contributed by atoms with E-state index in [-0.39, 0.29) is 16.7 Å². The zero-order valence-corrected chi connectivity index (χ0v) is 19.3. The van der Waals surface area contributed by atoms with Crippen LogP contribution in [0.4, 0.5) is 0 Å². The van der Waals surface area contributed by atoms with Gasteiger partial charge in [-0.1, -0.05) is 19.9 Å². The van der Waals surface area contributed by atoms with E-state index in [1.807, 2.05) is 18.7 Å². The van der Waals surface area contributed by atoms with Crippen LogP contribution in [-0.4, -0.2) is 64.9 Å². The molecule has 0 unspecified atom stereocenters. The van der Waals surface area contributed by atoms with Gasteiger partial charge in [0, 0.05) is 43.6 Å². The minimum absolute atomic E-state index is 0.120. The molecule has 2 fully saturated rings. The number of sulfonamides is 1. The molecule has 2 aromatic rings. The average Bonchev–Trinajstić information content (AvgIpc) is 3.51. The van der Waals surface area contributed by atoms with E-state index >= 15 is 0 Å². The molecule has 0 spiro atoms. The molecule has 1 saturated carbocycles. The van der Waals surface area contributed by atoms with E-state index in [1.54, 1.807) is 19.1 Å². The van der Waals surface area contributed by atoms with Crippen molar-refractivity contribution in [2.75, 3.05) is 26.2 Å². The maximum atomic E-state index is 13.1. The molecule has 8 nitrogen and oxygen atoms in total. The molecule has 1 N–H and O–H groups in total. The van der Waals surface area contributed by atoms with E-state index in [0.717, 1.165) is 24.5 Å². The lowest BCUT2D eigenvalue weighted by Gasteiger charge is -2.31. The molecular weight excluding hydrogens is 414 g/mol. The summed E-state index contributed by atoms with van der Waals surface area (Å²) in [5, 5.41) is 7.44. The highest BCUT2D eigenvalue weighted by atomic mass is 32.2. The monoisotopic (exact) mass is 445 g/mol. The Morgan fingerprint density at radius 3 is 2.42 bits per heavy atom. The van der Waals surface area contributed by atoms with Crippen molar-refractivity contribution >= 4 is 15.9 Å². The number of aromatic nitrogens is 3. The van der Waals surface area contributed by atoms with Gasteiger partial charge in [0.25, 0.3) is 5.91 Å². The molecule has 2 aliphatic rings. The molecule has 1 amide bonds. The van der Waals surface area contributed by atoms with Gasteiger partial charge < -0.3 is 4.90 Å². The molecule has 31 heavy (non-hydrogen) atoms. The summed E-state index contributed by atoms with van der Waals surface area (Å²) in [7, 11) is -3.62. The molecule has 4 rings (SSSR count). The Labute approximate surface area is 184 Å². The number of hydrogen-bond acceptors (Lipinski definition) is 5. The number of benzene rings is 1. The number of H-pyrrole nitrogens is 1. The van der Waals surface area contributed by atoms with E-state index in [2.05, 4.69) is 15.2 Å². The number of carbonyl (C=O) groups excluding carboxylic acids is 1. The van der Waals surface area contributed by atoms with Gasteiger partial charge >= 0.3 is 0 Å². The predicted molar refractivity (Wildman–Crippen MR) is 118 cm³/mol. The van der Waals surface area contributed by atoms with Crippen molar-refractivity contribution in [2.45, 2.75) is 63.2 Å². The number of piperidine rings is 1. The van der Waals surface area contributed by atoms with Gasteiger partial charge in [0.05, 0.1) is 4.90 Å². The first-order chi connectivity index (χ1) is 14.8. The molecule has 1 aromatic carbocycles. The molecule has 9 heteroatoms. The third-order valence-electron chi connectivity index (χ3n) is 6.39. The van der Waals surface area contributed by atoms with E-state index in [4.69, 9.17) is 0 Å². The van der Waals surface area contributed by atoms with Crippen LogP contribution >= 0.6 is 0 Å². The summed E-state index contributed by atoms with van der Waals surface area (Å²) in [6, 6.07) is 4.99. The van der Waals surface area contributed by atoms with Gasteiger partial charge in [0.2, 0.25) is 10.0 Å². The Morgan fingerprint density at radius 1 is 1.13 bits per heavy atom. The molecule has 1 saturated heterocycles. The summed E-state index contributed by atoms with van der Waals surface area (Å²) >= 11 is 0. The second-order valence-electron chi connectivity index (χ2n) is 8.49. The van der Waals surface area contributed by atoms with Crippen LogP contribution in [0.5, 0.6) is 0 Å². The summed E-state index contributed by atoms with van der Waals surface area (Å²) in [6.07, 6.45) is 3.99. The third kappa shape index (κ3) is 4.39. The van der Waals surface area contributed by atoms with Crippen LogP contribution < -0.4 is 0 Å². The summed E-state index contributed by atoms with van der Waals surface area (Å²) < 4.78 is 27.4. The van der Waals surface area contributed by atoms with Crippen LogP contribution in [0.15, 0.2) is 23.1 Å². The Balaban J connectivity index is 1.46. The van der Waals surface area contributed by atoms with Gasteiger partial charge in [0.15, 0.2) is 5.82 Å². The molecule has 1 aliphatic carbocycles. The van der Waals surface area contributed by atoms with Crippen molar-refractivity contribution in [1.82, 2.24) is 24.4 Å². The van der Waals surface area contributed by atoms with Gasteiger partial charge in [-0.2, -0.15) is 9.40 Å². The van der Waals surface area contributed by atoms with Crippen molar-refractivity contribution in [3.8, 4) is 0 Å². The van der Waals surface area contributed by atoms with Crippen molar-refractivity contribution < 1.29 is 13.2 Å². The first kappa shape index (κ1) is 22.0. The SMILES string of the molecule is CCN(CC)S(=O)(=O)c1cc(C(=O)N2CCC(c3nc(C4CC4)n[nH]3)CC2)ccc1C. The number of carbonyl (C=O) groups is 1. The number of aromatic amines is 1. The lowest BCUT2D eigenvalue weighted by atomic mass is 9.95. The van der Waals surface area contributed by atoms with Crippen molar-refractivity contribution in [3.05, 3.63) is 41.0 Å². The minimum atomic E-state index is -3.62. The number of hydrogen-bond donors (Lipinski definition) is 1. The molecule has 0 radical (unpaired) electrons. The minimum Gasteiger partial charge on any atom is -0.339 e. The van der Waals surface area contributed by atoms with Gasteiger partial charge in [-0.05, 0) is 50.3 Å². The maximum Gasteiger partial charge on any atom is 0.253 e. The number of likely N-dealkylation sites (tertiary alicyclic amines) is 1. The fourth-order valence-electron chi connectivity index (χ4n) is 4.25. The van der Waals surface area contributed by atoms with Gasteiger partial charge in [-0.3, -0.25) is 9.89 Å². The zero-order valence-electron chi connectivity index (χ0n) is 18.5. The van der Waals surface area contributed by atoms with Crippen LogP contribution in [0.25, 0.3) is 0 Å². The molecule has 168 valence electrons. The number of aryl methyl sites for hydroxylation is 1. The Bertz CT molecular complexity index is 1050. The quantitative estimate of drug-likeness (QED) is 0.706. The number of nitrogens with one attached hydrogen (secondary N) is 1. The first-order valence-electron chi connectivity index (χ1n) is 11.2. The standard InChI is InChI=1S/C22H31N5O3S/c1-4-27(5-2)31(29,30)19-14-18(7-6-15(19)3)22(28)26-12-10-17(11-13-26)21-23-20(24-25-21)16-8-9-16/h6-7,14,16-17H,4-5,8-13H2,1-3H3,(H,23,24,25). The van der Waals surface area contributed by atoms with Crippen LogP contribution in [0.3, 0.4) is 0 Å². The number of rotatable bonds is 7. The highest BCUT2D eigenvalue weighted by Crippen LogP contribution is 2.38. The summed E-state index contributed by atoms with van der Waals surface area (Å²) in [4.78, 5) is 19.8. The van der Waals surface area contributed by atoms with E-state index < -0.39 is 10.0 Å². The molecule has 1 aliphatic heterocycles. The van der Waals surface area contributed by atoms with Crippen molar-refractivity contribution in [3.63, 3.8) is 0 Å². The van der Waals surface area contributed by atoms with Gasteiger partial charge in [-0.25, -0.2) is 13.4 Å². The third-order valence-corrected chi connectivity index (χ3v) is 8.58. The van der Waals surface area contributed by atoms with Gasteiger partial charge in [-0.15, -0.1) is 0 Å². The van der Waals surface area contributed by atoms with Crippen LogP contribution in [0.2, 0.25) is 0 Å². The number of amides is 1. The topological polar surface area (TPSA) is 99.3 Å². The highest BCUT2D eigenvalue weighted by molar-refractivity contribution is 7.89. The average molecular weight is 446 g/mol. The lowest BCUT2D eigenvalue weighted by molar-refractivity contribution is 0.0711. The molecular formula is C22H31N5O3S. The largest absolute Gasteiger partial charge is 0.339 e. The maximum absolute atomic E-state index is 13.1. The lowest BCUT2D eigenvalue weighted by Crippen LogP contribution is -2.38. The summed E-state index contributed by atoms with van der Waals surface area (Å²) in [5.74, 6) is 2.54. The van der Waals surface area contributed by atoms with Crippen molar-refractivity contribution in [2.24, 2.45) is 0 Å². The summed E-state index contributed by atoms with van der Waals surface area (Å²) in [6.45, 7) is 7.44. The summed E-state index contributed by atoms with van der Waals surface area (Å²) in [5.41, 5.74) is 1.07. The fourth-order valence-corrected chi connectivity index (χ4v) is 5.96. The Kier molecular flexibility index (Phi) is 6.16. The van der Waals surface area contributed by atoms with E-state index in [9.17, 15) is 13.2 Å². The van der Waals surface area contributed by atoms with Crippen LogP contribution in [0.1, 0.15) is 78.9 Å².